The van der Waals surface area contributed by atoms with Crippen LogP contribution in [0.15, 0.2) is 71.6 Å². The molecule has 3 aromatic carbocycles. The van der Waals surface area contributed by atoms with Crippen molar-refractivity contribution in [3.63, 3.8) is 0 Å². The standard InChI is InChI=1S/C30H34Cl2FN3O5S/c1-4-6-17-34-30(38)28(5-2)35(19-21-7-8-22(31)18-27(21)32)29(37)20-36(24-11-9-23(33)10-12-24)42(39,40)26-15-13-25(41-3)14-16-26/h7-16,18,28H,4-6,17,19-20H2,1-3H3,(H,34,38)/t28-/m0/s1. The lowest BCUT2D eigenvalue weighted by Crippen LogP contribution is -2.52. The first-order valence-corrected chi connectivity index (χ1v) is 15.6. The minimum atomic E-state index is -4.31. The highest BCUT2D eigenvalue weighted by Crippen LogP contribution is 2.28. The third-order valence-electron chi connectivity index (χ3n) is 6.61. The molecule has 3 rings (SSSR count). The van der Waals surface area contributed by atoms with Crippen LogP contribution in [0.2, 0.25) is 10.0 Å². The number of unbranched alkanes of at least 4 members (excludes halogenated alkanes) is 1. The molecule has 3 aromatic rings. The minimum absolute atomic E-state index is 0.0745. The number of amides is 2. The number of nitrogens with one attached hydrogen (secondary N) is 1. The van der Waals surface area contributed by atoms with Crippen molar-refractivity contribution in [2.24, 2.45) is 0 Å². The molecule has 0 spiro atoms. The van der Waals surface area contributed by atoms with E-state index >= 15 is 0 Å². The maximum atomic E-state index is 14.1. The van der Waals surface area contributed by atoms with Crippen LogP contribution in [0.1, 0.15) is 38.7 Å². The van der Waals surface area contributed by atoms with Gasteiger partial charge in [-0.15, -0.1) is 0 Å². The van der Waals surface area contributed by atoms with Gasteiger partial charge in [0.2, 0.25) is 11.8 Å². The van der Waals surface area contributed by atoms with Gasteiger partial charge in [-0.25, -0.2) is 12.8 Å². The van der Waals surface area contributed by atoms with Crippen molar-refractivity contribution in [1.29, 1.82) is 0 Å². The van der Waals surface area contributed by atoms with Crippen molar-refractivity contribution >= 4 is 50.7 Å². The smallest absolute Gasteiger partial charge is 0.264 e. The van der Waals surface area contributed by atoms with E-state index in [1.165, 1.54) is 54.5 Å². The molecule has 0 aliphatic heterocycles. The summed E-state index contributed by atoms with van der Waals surface area (Å²) >= 11 is 12.5. The molecule has 1 N–H and O–H groups in total. The average molecular weight is 639 g/mol. The average Bonchev–Trinajstić information content (AvgIpc) is 2.97. The van der Waals surface area contributed by atoms with Crippen molar-refractivity contribution in [3.8, 4) is 5.75 Å². The van der Waals surface area contributed by atoms with Crippen LogP contribution >= 0.6 is 23.2 Å². The molecule has 0 saturated carbocycles. The molecule has 0 bridgehead atoms. The zero-order valence-corrected chi connectivity index (χ0v) is 26.0. The summed E-state index contributed by atoms with van der Waals surface area (Å²) in [6, 6.07) is 14.3. The van der Waals surface area contributed by atoms with Crippen LogP contribution in [0.4, 0.5) is 10.1 Å². The molecule has 2 amide bonds. The second-order valence-corrected chi connectivity index (χ2v) is 12.2. The minimum Gasteiger partial charge on any atom is -0.497 e. The second kappa shape index (κ2) is 15.2. The number of hydrogen-bond donors (Lipinski definition) is 1. The number of benzene rings is 3. The molecule has 0 fully saturated rings. The van der Waals surface area contributed by atoms with Gasteiger partial charge >= 0.3 is 0 Å². The van der Waals surface area contributed by atoms with E-state index in [2.05, 4.69) is 5.32 Å². The fourth-order valence-electron chi connectivity index (χ4n) is 4.27. The maximum Gasteiger partial charge on any atom is 0.264 e. The Hall–Kier alpha value is -3.34. The molecule has 0 aliphatic rings. The third-order valence-corrected chi connectivity index (χ3v) is 8.99. The SMILES string of the molecule is CCCCNC(=O)[C@H](CC)N(Cc1ccc(Cl)cc1Cl)C(=O)CN(c1ccc(F)cc1)S(=O)(=O)c1ccc(OC)cc1. The number of sulfonamides is 1. The molecule has 8 nitrogen and oxygen atoms in total. The zero-order valence-electron chi connectivity index (χ0n) is 23.6. The molecule has 1 atom stereocenters. The molecule has 0 radical (unpaired) electrons. The summed E-state index contributed by atoms with van der Waals surface area (Å²) in [7, 11) is -2.86. The number of methoxy groups -OCH3 is 1. The van der Waals surface area contributed by atoms with Gasteiger partial charge in [0.15, 0.2) is 0 Å². The van der Waals surface area contributed by atoms with Crippen LogP contribution < -0.4 is 14.4 Å². The van der Waals surface area contributed by atoms with Gasteiger partial charge in [-0.05, 0) is 79.1 Å². The molecule has 0 aromatic heterocycles. The van der Waals surface area contributed by atoms with E-state index < -0.39 is 34.3 Å². The van der Waals surface area contributed by atoms with Crippen molar-refractivity contribution < 1.29 is 27.1 Å². The van der Waals surface area contributed by atoms with E-state index in [0.717, 1.165) is 29.3 Å². The van der Waals surface area contributed by atoms with Crippen molar-refractivity contribution in [3.05, 3.63) is 88.2 Å². The normalized spacial score (nSPS) is 12.0. The maximum absolute atomic E-state index is 14.1. The Morgan fingerprint density at radius 3 is 2.24 bits per heavy atom. The molecule has 12 heteroatoms. The Balaban J connectivity index is 2.05. The predicted octanol–water partition coefficient (Wildman–Crippen LogP) is 6.06. The van der Waals surface area contributed by atoms with Crippen LogP contribution in [-0.2, 0) is 26.2 Å². The molecular weight excluding hydrogens is 604 g/mol. The largest absolute Gasteiger partial charge is 0.497 e. The summed E-state index contributed by atoms with van der Waals surface area (Å²) in [4.78, 5) is 28.5. The van der Waals surface area contributed by atoms with Crippen LogP contribution in [0.25, 0.3) is 0 Å². The molecule has 0 heterocycles. The van der Waals surface area contributed by atoms with E-state index in [0.29, 0.717) is 27.9 Å². The van der Waals surface area contributed by atoms with Gasteiger partial charge in [0.05, 0.1) is 17.7 Å². The van der Waals surface area contributed by atoms with Crippen molar-refractivity contribution in [2.75, 3.05) is 24.5 Å². The number of ether oxygens (including phenoxy) is 1. The summed E-state index contributed by atoms with van der Waals surface area (Å²) in [5.74, 6) is -1.14. The van der Waals surface area contributed by atoms with Gasteiger partial charge in [-0.3, -0.25) is 13.9 Å². The summed E-state index contributed by atoms with van der Waals surface area (Å²) in [5.41, 5.74) is 0.603. The van der Waals surface area contributed by atoms with Crippen LogP contribution in [0.5, 0.6) is 5.75 Å². The summed E-state index contributed by atoms with van der Waals surface area (Å²) in [6.45, 7) is 3.45. The fraction of sp³-hybridized carbons (Fsp3) is 0.333. The van der Waals surface area contributed by atoms with Gasteiger partial charge in [-0.1, -0.05) is 49.5 Å². The third kappa shape index (κ3) is 8.36. The highest BCUT2D eigenvalue weighted by Gasteiger charge is 2.34. The number of hydrogen-bond acceptors (Lipinski definition) is 5. The number of nitrogens with zero attached hydrogens (tertiary/aromatic N) is 2. The quantitative estimate of drug-likeness (QED) is 0.217. The van der Waals surface area contributed by atoms with Crippen LogP contribution in [0, 0.1) is 5.82 Å². The Labute approximate surface area is 256 Å². The molecular formula is C30H34Cl2FN3O5S. The van der Waals surface area contributed by atoms with E-state index in [-0.39, 0.29) is 29.5 Å². The lowest BCUT2D eigenvalue weighted by Gasteiger charge is -2.33. The summed E-state index contributed by atoms with van der Waals surface area (Å²) in [5, 5.41) is 3.56. The molecule has 226 valence electrons. The van der Waals surface area contributed by atoms with E-state index in [1.807, 2.05) is 6.92 Å². The highest BCUT2D eigenvalue weighted by molar-refractivity contribution is 7.92. The highest BCUT2D eigenvalue weighted by atomic mass is 35.5. The number of anilines is 1. The molecule has 0 saturated heterocycles. The van der Waals surface area contributed by atoms with Gasteiger partial charge in [-0.2, -0.15) is 0 Å². The lowest BCUT2D eigenvalue weighted by molar-refractivity contribution is -0.140. The van der Waals surface area contributed by atoms with Crippen LogP contribution in [-0.4, -0.2) is 51.4 Å². The van der Waals surface area contributed by atoms with Crippen molar-refractivity contribution in [2.45, 2.75) is 50.6 Å². The number of carbonyl (C=O) groups is 2. The van der Waals surface area contributed by atoms with E-state index in [9.17, 15) is 22.4 Å². The first kappa shape index (κ1) is 33.2. The van der Waals surface area contributed by atoms with E-state index in [1.54, 1.807) is 19.1 Å². The Morgan fingerprint density at radius 1 is 1.00 bits per heavy atom. The van der Waals surface area contributed by atoms with E-state index in [4.69, 9.17) is 27.9 Å². The molecule has 0 aliphatic carbocycles. The lowest BCUT2D eigenvalue weighted by atomic mass is 10.1. The Morgan fingerprint density at radius 2 is 1.67 bits per heavy atom. The first-order chi connectivity index (χ1) is 20.0. The second-order valence-electron chi connectivity index (χ2n) is 9.49. The topological polar surface area (TPSA) is 96.0 Å². The number of rotatable bonds is 14. The molecule has 42 heavy (non-hydrogen) atoms. The van der Waals surface area contributed by atoms with Gasteiger partial charge in [0, 0.05) is 23.1 Å². The zero-order chi connectivity index (χ0) is 30.9. The Kier molecular flexibility index (Phi) is 12.0. The number of halogens is 3. The van der Waals surface area contributed by atoms with Gasteiger partial charge < -0.3 is 15.0 Å². The Bertz CT molecular complexity index is 1470. The van der Waals surface area contributed by atoms with Crippen LogP contribution in [0.3, 0.4) is 0 Å². The van der Waals surface area contributed by atoms with Crippen molar-refractivity contribution in [1.82, 2.24) is 10.2 Å². The summed E-state index contributed by atoms with van der Waals surface area (Å²) in [6.07, 6.45) is 1.89. The van der Waals surface area contributed by atoms with Gasteiger partial charge in [0.25, 0.3) is 10.0 Å². The summed E-state index contributed by atoms with van der Waals surface area (Å²) < 4.78 is 47.6. The fourth-order valence-corrected chi connectivity index (χ4v) is 6.15. The molecule has 0 unspecified atom stereocenters. The number of carbonyl (C=O) groups excluding carboxylic acids is 2. The first-order valence-electron chi connectivity index (χ1n) is 13.4. The monoisotopic (exact) mass is 637 g/mol. The predicted molar refractivity (Wildman–Crippen MR) is 163 cm³/mol. The van der Waals surface area contributed by atoms with Gasteiger partial charge in [0.1, 0.15) is 24.2 Å².